The molecular weight excluding hydrogens is 378 g/mol. The van der Waals surface area contributed by atoms with Gasteiger partial charge in [0.15, 0.2) is 0 Å². The molecule has 1 aliphatic heterocycles. The highest BCUT2D eigenvalue weighted by Gasteiger charge is 2.38. The first-order valence-corrected chi connectivity index (χ1v) is 9.63. The van der Waals surface area contributed by atoms with Gasteiger partial charge < -0.3 is 16.0 Å². The molecule has 3 N–H and O–H groups in total. The number of anilines is 1. The fourth-order valence-corrected chi connectivity index (χ4v) is 4.14. The minimum Gasteiger partial charge on any atom is -0.346 e. The van der Waals surface area contributed by atoms with Crippen LogP contribution in [0.5, 0.6) is 0 Å². The lowest BCUT2D eigenvalue weighted by Crippen LogP contribution is -2.45. The molecule has 1 saturated heterocycles. The molecule has 4 rings (SSSR count). The van der Waals surface area contributed by atoms with Gasteiger partial charge in [0, 0.05) is 24.1 Å². The second-order valence-corrected chi connectivity index (χ2v) is 7.37. The van der Waals surface area contributed by atoms with Gasteiger partial charge in [0.2, 0.25) is 11.8 Å². The molecule has 7 nitrogen and oxygen atoms in total. The summed E-state index contributed by atoms with van der Waals surface area (Å²) in [6.07, 6.45) is 9.32. The van der Waals surface area contributed by atoms with Crippen LogP contribution in [-0.2, 0) is 9.59 Å². The highest BCUT2D eigenvalue weighted by Crippen LogP contribution is 2.33. The first-order chi connectivity index (χ1) is 13.2. The Morgan fingerprint density at radius 2 is 1.96 bits per heavy atom. The lowest BCUT2D eigenvalue weighted by atomic mass is 9.85. The molecule has 1 aromatic carbocycles. The van der Waals surface area contributed by atoms with E-state index in [0.717, 1.165) is 18.5 Å². The standard InChI is InChI=1S/C20H25N5O2.ClH/c26-19(23-15-6-8-16(9-7-15)25-11-3-10-22-25)13-21-20(27)18-12-14-4-1-2-5-17(14)24-18;/h3,6-11,14,17-18,24H,1-2,4-5,12-13H2,(H,21,27)(H,23,26);1H. The molecule has 2 aliphatic rings. The third kappa shape index (κ3) is 4.72. The second kappa shape index (κ2) is 9.21. The number of carbonyl (C=O) groups excluding carboxylic acids is 2. The van der Waals surface area contributed by atoms with E-state index in [-0.39, 0.29) is 36.8 Å². The van der Waals surface area contributed by atoms with E-state index in [0.29, 0.717) is 17.6 Å². The summed E-state index contributed by atoms with van der Waals surface area (Å²) in [4.78, 5) is 24.5. The molecule has 0 spiro atoms. The highest BCUT2D eigenvalue weighted by molar-refractivity contribution is 5.95. The predicted molar refractivity (Wildman–Crippen MR) is 110 cm³/mol. The Morgan fingerprint density at radius 1 is 1.18 bits per heavy atom. The number of benzene rings is 1. The topological polar surface area (TPSA) is 88.0 Å². The summed E-state index contributed by atoms with van der Waals surface area (Å²) >= 11 is 0. The van der Waals surface area contributed by atoms with Crippen molar-refractivity contribution in [2.75, 3.05) is 11.9 Å². The average Bonchev–Trinajstić information content (AvgIpc) is 3.36. The molecule has 0 bridgehead atoms. The van der Waals surface area contributed by atoms with E-state index in [1.165, 1.54) is 19.3 Å². The summed E-state index contributed by atoms with van der Waals surface area (Å²) in [5.41, 5.74) is 1.61. The quantitative estimate of drug-likeness (QED) is 0.714. The van der Waals surface area contributed by atoms with Gasteiger partial charge >= 0.3 is 0 Å². The minimum atomic E-state index is -0.231. The fraction of sp³-hybridized carbons (Fsp3) is 0.450. The van der Waals surface area contributed by atoms with E-state index in [4.69, 9.17) is 0 Å². The van der Waals surface area contributed by atoms with E-state index >= 15 is 0 Å². The summed E-state index contributed by atoms with van der Waals surface area (Å²) in [6, 6.07) is 9.55. The summed E-state index contributed by atoms with van der Waals surface area (Å²) in [6.45, 7) is -0.0206. The molecule has 2 aromatic rings. The van der Waals surface area contributed by atoms with Crippen LogP contribution < -0.4 is 16.0 Å². The van der Waals surface area contributed by atoms with Crippen molar-refractivity contribution < 1.29 is 9.59 Å². The Balaban J connectivity index is 0.00000225. The Hall–Kier alpha value is -2.38. The molecule has 3 unspecified atom stereocenters. The summed E-state index contributed by atoms with van der Waals surface area (Å²) in [7, 11) is 0. The summed E-state index contributed by atoms with van der Waals surface area (Å²) in [5.74, 6) is 0.302. The third-order valence-corrected chi connectivity index (χ3v) is 5.52. The van der Waals surface area contributed by atoms with E-state index in [2.05, 4.69) is 21.0 Å². The minimum absolute atomic E-state index is 0. The summed E-state index contributed by atoms with van der Waals surface area (Å²) in [5, 5.41) is 13.2. The Kier molecular flexibility index (Phi) is 6.70. The largest absolute Gasteiger partial charge is 0.346 e. The molecule has 2 fully saturated rings. The first-order valence-electron chi connectivity index (χ1n) is 9.63. The van der Waals surface area contributed by atoms with Gasteiger partial charge in [0.05, 0.1) is 18.3 Å². The van der Waals surface area contributed by atoms with Crippen LogP contribution in [0.2, 0.25) is 0 Å². The van der Waals surface area contributed by atoms with Crippen LogP contribution in [0.4, 0.5) is 5.69 Å². The van der Waals surface area contributed by atoms with Gasteiger partial charge in [-0.25, -0.2) is 4.68 Å². The van der Waals surface area contributed by atoms with Crippen LogP contribution in [0.3, 0.4) is 0 Å². The van der Waals surface area contributed by atoms with Gasteiger partial charge in [-0.1, -0.05) is 12.8 Å². The van der Waals surface area contributed by atoms with Crippen molar-refractivity contribution in [2.24, 2.45) is 5.92 Å². The molecule has 1 saturated carbocycles. The van der Waals surface area contributed by atoms with E-state index < -0.39 is 0 Å². The molecule has 2 amide bonds. The lowest BCUT2D eigenvalue weighted by molar-refractivity contribution is -0.125. The van der Waals surface area contributed by atoms with Gasteiger partial charge in [0.25, 0.3) is 0 Å². The third-order valence-electron chi connectivity index (χ3n) is 5.52. The van der Waals surface area contributed by atoms with Crippen molar-refractivity contribution >= 4 is 29.9 Å². The van der Waals surface area contributed by atoms with E-state index in [1.54, 1.807) is 10.9 Å². The second-order valence-electron chi connectivity index (χ2n) is 7.37. The maximum atomic E-state index is 12.4. The molecule has 1 aromatic heterocycles. The zero-order chi connectivity index (χ0) is 18.6. The molecule has 1 aliphatic carbocycles. The number of rotatable bonds is 5. The molecule has 2 heterocycles. The first kappa shape index (κ1) is 20.4. The predicted octanol–water partition coefficient (Wildman–Crippen LogP) is 2.27. The highest BCUT2D eigenvalue weighted by atomic mass is 35.5. The van der Waals surface area contributed by atoms with Gasteiger partial charge in [0.1, 0.15) is 0 Å². The van der Waals surface area contributed by atoms with Gasteiger partial charge in [-0.05, 0) is 55.5 Å². The number of hydrogen-bond acceptors (Lipinski definition) is 4. The molecular formula is C20H26ClN5O2. The molecule has 3 atom stereocenters. The zero-order valence-electron chi connectivity index (χ0n) is 15.6. The number of carbonyl (C=O) groups is 2. The van der Waals surface area contributed by atoms with Gasteiger partial charge in [-0.3, -0.25) is 9.59 Å². The summed E-state index contributed by atoms with van der Waals surface area (Å²) < 4.78 is 1.75. The van der Waals surface area contributed by atoms with Crippen molar-refractivity contribution in [3.05, 3.63) is 42.7 Å². The number of hydrogen-bond donors (Lipinski definition) is 3. The molecule has 28 heavy (non-hydrogen) atoms. The van der Waals surface area contributed by atoms with Crippen LogP contribution in [-0.4, -0.2) is 40.2 Å². The number of nitrogens with one attached hydrogen (secondary N) is 3. The van der Waals surface area contributed by atoms with Crippen LogP contribution in [0.15, 0.2) is 42.7 Å². The maximum Gasteiger partial charge on any atom is 0.243 e. The Morgan fingerprint density at radius 3 is 2.68 bits per heavy atom. The average molecular weight is 404 g/mol. The SMILES string of the molecule is Cl.O=C(CNC(=O)C1CC2CCCCC2N1)Nc1ccc(-n2cccn2)cc1. The van der Waals surface area contributed by atoms with Crippen LogP contribution in [0, 0.1) is 5.92 Å². The maximum absolute atomic E-state index is 12.4. The number of nitrogens with zero attached hydrogens (tertiary/aromatic N) is 2. The zero-order valence-corrected chi connectivity index (χ0v) is 16.5. The number of amides is 2. The van der Waals surface area contributed by atoms with Gasteiger partial charge in [-0.15, -0.1) is 12.4 Å². The fourth-order valence-electron chi connectivity index (χ4n) is 4.14. The van der Waals surface area contributed by atoms with E-state index in [9.17, 15) is 9.59 Å². The van der Waals surface area contributed by atoms with Crippen molar-refractivity contribution in [2.45, 2.75) is 44.2 Å². The van der Waals surface area contributed by atoms with Crippen molar-refractivity contribution in [3.8, 4) is 5.69 Å². The molecule has 0 radical (unpaired) electrons. The van der Waals surface area contributed by atoms with Crippen molar-refractivity contribution in [3.63, 3.8) is 0 Å². The monoisotopic (exact) mass is 403 g/mol. The molecule has 8 heteroatoms. The smallest absolute Gasteiger partial charge is 0.243 e. The Labute approximate surface area is 170 Å². The van der Waals surface area contributed by atoms with Crippen LogP contribution in [0.1, 0.15) is 32.1 Å². The van der Waals surface area contributed by atoms with E-state index in [1.807, 2.05) is 36.5 Å². The van der Waals surface area contributed by atoms with Crippen LogP contribution in [0.25, 0.3) is 5.69 Å². The number of halogens is 1. The van der Waals surface area contributed by atoms with Crippen LogP contribution >= 0.6 is 12.4 Å². The normalized spacial score (nSPS) is 23.4. The number of fused-ring (bicyclic) bond motifs is 1. The lowest BCUT2D eigenvalue weighted by Gasteiger charge is -2.24. The van der Waals surface area contributed by atoms with Crippen molar-refractivity contribution in [1.82, 2.24) is 20.4 Å². The molecule has 150 valence electrons. The Bertz CT molecular complexity index is 779. The van der Waals surface area contributed by atoms with Gasteiger partial charge in [-0.2, -0.15) is 5.10 Å². The number of aromatic nitrogens is 2. The van der Waals surface area contributed by atoms with Crippen molar-refractivity contribution in [1.29, 1.82) is 0 Å².